The average Bonchev–Trinajstić information content (AvgIpc) is 2.69. The van der Waals surface area contributed by atoms with Gasteiger partial charge in [-0.05, 0) is 28.9 Å². The zero-order valence-electron chi connectivity index (χ0n) is 10.1. The number of nitrogens with zero attached hydrogens (tertiary/aromatic N) is 2. The smallest absolute Gasteiger partial charge is 0.139 e. The van der Waals surface area contributed by atoms with Gasteiger partial charge in [-0.2, -0.15) is 0 Å². The zero-order valence-corrected chi connectivity index (χ0v) is 11.7. The minimum atomic E-state index is -0.373. The lowest BCUT2D eigenvalue weighted by molar-refractivity contribution is 0.390. The predicted molar refractivity (Wildman–Crippen MR) is 71.9 cm³/mol. The number of nitrogen functional groups attached to an aromatic ring is 1. The summed E-state index contributed by atoms with van der Waals surface area (Å²) in [6, 6.07) is 4.80. The summed E-state index contributed by atoms with van der Waals surface area (Å²) in [6.45, 7) is 2.37. The summed E-state index contributed by atoms with van der Waals surface area (Å²) < 4.78 is 18.7. The van der Waals surface area contributed by atoms with Crippen molar-refractivity contribution in [1.29, 1.82) is 0 Å². The maximum Gasteiger partial charge on any atom is 0.139 e. The van der Waals surface area contributed by atoms with E-state index in [1.807, 2.05) is 24.9 Å². The molecule has 0 fully saturated rings. The molecule has 1 aromatic heterocycles. The van der Waals surface area contributed by atoms with Crippen LogP contribution in [0.3, 0.4) is 0 Å². The molecule has 96 valence electrons. The van der Waals surface area contributed by atoms with Gasteiger partial charge >= 0.3 is 0 Å². The van der Waals surface area contributed by atoms with E-state index in [9.17, 15) is 4.39 Å². The first kappa shape index (κ1) is 12.9. The first-order valence-corrected chi connectivity index (χ1v) is 6.14. The fourth-order valence-electron chi connectivity index (χ4n) is 1.70. The van der Waals surface area contributed by atoms with E-state index in [0.717, 1.165) is 17.1 Å². The molecule has 0 saturated carbocycles. The minimum absolute atomic E-state index is 0.373. The number of aromatic nitrogens is 1. The first-order valence-electron chi connectivity index (χ1n) is 5.35. The molecule has 6 heteroatoms. The molecule has 0 amide bonds. The Morgan fingerprint density at radius 2 is 2.17 bits per heavy atom. The Morgan fingerprint density at radius 3 is 2.78 bits per heavy atom. The van der Waals surface area contributed by atoms with Crippen LogP contribution in [0.5, 0.6) is 0 Å². The normalized spacial score (nSPS) is 10.7. The summed E-state index contributed by atoms with van der Waals surface area (Å²) in [7, 11) is 1.86. The number of nitrogens with two attached hydrogens (primary N) is 1. The highest BCUT2D eigenvalue weighted by Crippen LogP contribution is 2.29. The van der Waals surface area contributed by atoms with Gasteiger partial charge < -0.3 is 15.2 Å². The van der Waals surface area contributed by atoms with Gasteiger partial charge in [0.15, 0.2) is 0 Å². The highest BCUT2D eigenvalue weighted by molar-refractivity contribution is 9.10. The number of aryl methyl sites for hydroxylation is 1. The van der Waals surface area contributed by atoms with E-state index in [1.165, 1.54) is 6.07 Å². The lowest BCUT2D eigenvalue weighted by atomic mass is 10.2. The maximum absolute atomic E-state index is 13.3. The third-order valence-corrected chi connectivity index (χ3v) is 3.16. The fourth-order valence-corrected chi connectivity index (χ4v) is 2.03. The Kier molecular flexibility index (Phi) is 3.56. The SMILES string of the molecule is Cc1cc(CN(C)c2cc(Br)c(F)cc2N)no1. The minimum Gasteiger partial charge on any atom is -0.397 e. The summed E-state index contributed by atoms with van der Waals surface area (Å²) in [5.74, 6) is 0.383. The summed E-state index contributed by atoms with van der Waals surface area (Å²) in [5.41, 5.74) is 7.73. The monoisotopic (exact) mass is 313 g/mol. The predicted octanol–water partition coefficient (Wildman–Crippen LogP) is 3.10. The zero-order chi connectivity index (χ0) is 13.3. The van der Waals surface area contributed by atoms with E-state index >= 15 is 0 Å². The van der Waals surface area contributed by atoms with Crippen LogP contribution in [-0.2, 0) is 6.54 Å². The Labute approximate surface area is 113 Å². The highest BCUT2D eigenvalue weighted by Gasteiger charge is 2.12. The van der Waals surface area contributed by atoms with E-state index in [0.29, 0.717) is 16.7 Å². The molecular weight excluding hydrogens is 301 g/mol. The van der Waals surface area contributed by atoms with Crippen LogP contribution >= 0.6 is 15.9 Å². The van der Waals surface area contributed by atoms with Gasteiger partial charge in [-0.15, -0.1) is 0 Å². The van der Waals surface area contributed by atoms with Crippen LogP contribution in [-0.4, -0.2) is 12.2 Å². The highest BCUT2D eigenvalue weighted by atomic mass is 79.9. The van der Waals surface area contributed by atoms with Crippen LogP contribution in [0.15, 0.2) is 27.2 Å². The number of halogens is 2. The second-order valence-electron chi connectivity index (χ2n) is 4.11. The Morgan fingerprint density at radius 1 is 1.44 bits per heavy atom. The Bertz CT molecular complexity index is 570. The number of hydrogen-bond acceptors (Lipinski definition) is 4. The second-order valence-corrected chi connectivity index (χ2v) is 4.96. The van der Waals surface area contributed by atoms with Crippen molar-refractivity contribution in [2.24, 2.45) is 0 Å². The molecule has 0 saturated heterocycles. The second kappa shape index (κ2) is 4.97. The van der Waals surface area contributed by atoms with Gasteiger partial charge in [-0.1, -0.05) is 5.16 Å². The molecule has 0 atom stereocenters. The van der Waals surface area contributed by atoms with Crippen molar-refractivity contribution >= 4 is 27.3 Å². The van der Waals surface area contributed by atoms with Gasteiger partial charge in [-0.25, -0.2) is 4.39 Å². The van der Waals surface area contributed by atoms with Gasteiger partial charge in [0.05, 0.1) is 22.4 Å². The average molecular weight is 314 g/mol. The molecule has 1 aromatic carbocycles. The number of hydrogen-bond donors (Lipinski definition) is 1. The molecule has 0 radical (unpaired) electrons. The molecule has 0 bridgehead atoms. The van der Waals surface area contributed by atoms with Crippen LogP contribution in [0.2, 0.25) is 0 Å². The van der Waals surface area contributed by atoms with Crippen molar-refractivity contribution in [3.05, 3.63) is 39.9 Å². The molecule has 4 nitrogen and oxygen atoms in total. The third-order valence-electron chi connectivity index (χ3n) is 2.56. The van der Waals surface area contributed by atoms with Crippen molar-refractivity contribution in [3.63, 3.8) is 0 Å². The lowest BCUT2D eigenvalue weighted by Gasteiger charge is -2.20. The van der Waals surface area contributed by atoms with Crippen molar-refractivity contribution in [2.45, 2.75) is 13.5 Å². The summed E-state index contributed by atoms with van der Waals surface area (Å²) >= 11 is 3.15. The van der Waals surface area contributed by atoms with Crippen molar-refractivity contribution in [1.82, 2.24) is 5.16 Å². The van der Waals surface area contributed by atoms with Crippen LogP contribution in [0.1, 0.15) is 11.5 Å². The van der Waals surface area contributed by atoms with Gasteiger partial charge in [0.25, 0.3) is 0 Å². The van der Waals surface area contributed by atoms with Gasteiger partial charge in [-0.3, -0.25) is 0 Å². The standard InChI is InChI=1S/C12H13BrFN3O/c1-7-3-8(16-18-7)6-17(2)12-4-9(13)10(14)5-11(12)15/h3-5H,6,15H2,1-2H3. The Hall–Kier alpha value is -1.56. The van der Waals surface area contributed by atoms with Gasteiger partial charge in [0.2, 0.25) is 0 Å². The van der Waals surface area contributed by atoms with Crippen LogP contribution in [0, 0.1) is 12.7 Å². The molecule has 0 aliphatic heterocycles. The molecule has 0 unspecified atom stereocenters. The van der Waals surface area contributed by atoms with Crippen LogP contribution in [0.25, 0.3) is 0 Å². The summed E-state index contributed by atoms with van der Waals surface area (Å²) in [4.78, 5) is 1.89. The van der Waals surface area contributed by atoms with Crippen LogP contribution < -0.4 is 10.6 Å². The van der Waals surface area contributed by atoms with Crippen LogP contribution in [0.4, 0.5) is 15.8 Å². The van der Waals surface area contributed by atoms with Crippen molar-refractivity contribution in [2.75, 3.05) is 17.7 Å². The molecule has 0 spiro atoms. The fraction of sp³-hybridized carbons (Fsp3) is 0.250. The molecule has 18 heavy (non-hydrogen) atoms. The van der Waals surface area contributed by atoms with Gasteiger partial charge in [0.1, 0.15) is 17.3 Å². The lowest BCUT2D eigenvalue weighted by Crippen LogP contribution is -2.18. The molecule has 0 aliphatic rings. The molecule has 2 rings (SSSR count). The summed E-state index contributed by atoms with van der Waals surface area (Å²) in [5, 5.41) is 3.91. The quantitative estimate of drug-likeness (QED) is 0.885. The van der Waals surface area contributed by atoms with E-state index in [1.54, 1.807) is 6.07 Å². The first-order chi connectivity index (χ1) is 8.47. The number of benzene rings is 1. The summed E-state index contributed by atoms with van der Waals surface area (Å²) in [6.07, 6.45) is 0. The molecule has 1 heterocycles. The largest absolute Gasteiger partial charge is 0.397 e. The molecule has 0 aliphatic carbocycles. The van der Waals surface area contributed by atoms with E-state index < -0.39 is 0 Å². The molecule has 2 aromatic rings. The maximum atomic E-state index is 13.3. The topological polar surface area (TPSA) is 55.3 Å². The number of rotatable bonds is 3. The van der Waals surface area contributed by atoms with Crippen molar-refractivity contribution < 1.29 is 8.91 Å². The van der Waals surface area contributed by atoms with E-state index in [-0.39, 0.29) is 5.82 Å². The molecule has 2 N–H and O–H groups in total. The van der Waals surface area contributed by atoms with E-state index in [4.69, 9.17) is 10.3 Å². The van der Waals surface area contributed by atoms with Gasteiger partial charge in [0, 0.05) is 19.2 Å². The Balaban J connectivity index is 2.23. The van der Waals surface area contributed by atoms with Crippen molar-refractivity contribution in [3.8, 4) is 0 Å². The molecular formula is C12H13BrFN3O. The third kappa shape index (κ3) is 2.64. The number of anilines is 2. The van der Waals surface area contributed by atoms with E-state index in [2.05, 4.69) is 21.1 Å².